The van der Waals surface area contributed by atoms with Crippen molar-refractivity contribution in [2.45, 2.75) is 30.6 Å². The molecule has 1 fully saturated rings. The predicted molar refractivity (Wildman–Crippen MR) is 55.9 cm³/mol. The largest absolute Gasteiger partial charge is 0.394 e. The maximum Gasteiger partial charge on any atom is 0.340 e. The van der Waals surface area contributed by atoms with Crippen molar-refractivity contribution in [2.24, 2.45) is 5.29 Å². The SMILES string of the molecule is CN(N=O)C(=O)N[C@H]1C(O)O[C@H](CO)[C@H](O)[C@@H]1O. The third kappa shape index (κ3) is 2.91. The summed E-state index contributed by atoms with van der Waals surface area (Å²) in [4.78, 5) is 21.4. The molecule has 5 N–H and O–H groups in total. The van der Waals surface area contributed by atoms with Gasteiger partial charge in [0, 0.05) is 7.05 Å². The van der Waals surface area contributed by atoms with Gasteiger partial charge in [-0.25, -0.2) is 4.79 Å². The number of hydrogen-bond acceptors (Lipinski definition) is 8. The lowest BCUT2D eigenvalue weighted by molar-refractivity contribution is -0.252. The summed E-state index contributed by atoms with van der Waals surface area (Å²) in [7, 11) is 1.07. The summed E-state index contributed by atoms with van der Waals surface area (Å²) < 4.78 is 4.80. The lowest BCUT2D eigenvalue weighted by atomic mass is 9.97. The molecule has 0 spiro atoms. The van der Waals surface area contributed by atoms with Crippen molar-refractivity contribution in [1.82, 2.24) is 10.3 Å². The van der Waals surface area contributed by atoms with Crippen molar-refractivity contribution in [1.29, 1.82) is 0 Å². The molecule has 1 saturated heterocycles. The molecule has 0 bridgehead atoms. The van der Waals surface area contributed by atoms with Crippen molar-refractivity contribution in [3.8, 4) is 0 Å². The number of nitrogens with zero attached hydrogens (tertiary/aromatic N) is 2. The van der Waals surface area contributed by atoms with E-state index in [2.05, 4.69) is 10.6 Å². The minimum absolute atomic E-state index is 0.407. The highest BCUT2D eigenvalue weighted by molar-refractivity contribution is 5.73. The fraction of sp³-hybridized carbons (Fsp3) is 0.875. The van der Waals surface area contributed by atoms with E-state index < -0.39 is 43.3 Å². The molecule has 0 aromatic carbocycles. The van der Waals surface area contributed by atoms with Gasteiger partial charge in [-0.1, -0.05) is 0 Å². The lowest BCUT2D eigenvalue weighted by Gasteiger charge is -2.40. The van der Waals surface area contributed by atoms with E-state index in [-0.39, 0.29) is 0 Å². The Morgan fingerprint density at radius 3 is 2.50 bits per heavy atom. The monoisotopic (exact) mass is 265 g/mol. The molecule has 0 radical (unpaired) electrons. The molecule has 0 aromatic heterocycles. The van der Waals surface area contributed by atoms with Crippen LogP contribution in [0.1, 0.15) is 0 Å². The van der Waals surface area contributed by atoms with Gasteiger partial charge in [0.1, 0.15) is 24.4 Å². The molecule has 0 aliphatic carbocycles. The molecule has 2 amide bonds. The Labute approximate surface area is 102 Å². The van der Waals surface area contributed by atoms with Crippen LogP contribution in [-0.4, -0.2) is 75.8 Å². The van der Waals surface area contributed by atoms with Crippen molar-refractivity contribution < 1.29 is 30.0 Å². The van der Waals surface area contributed by atoms with Gasteiger partial charge in [0.15, 0.2) is 6.29 Å². The van der Waals surface area contributed by atoms with E-state index in [1.54, 1.807) is 0 Å². The van der Waals surface area contributed by atoms with E-state index in [0.717, 1.165) is 7.05 Å². The van der Waals surface area contributed by atoms with Crippen LogP contribution in [0.15, 0.2) is 5.29 Å². The molecular weight excluding hydrogens is 250 g/mol. The number of urea groups is 1. The molecule has 5 atom stereocenters. The van der Waals surface area contributed by atoms with Crippen LogP contribution in [0.4, 0.5) is 4.79 Å². The van der Waals surface area contributed by atoms with Gasteiger partial charge in [-0.05, 0) is 0 Å². The van der Waals surface area contributed by atoms with Gasteiger partial charge in [-0.3, -0.25) is 0 Å². The summed E-state index contributed by atoms with van der Waals surface area (Å²) in [6.45, 7) is -0.605. The second-order valence-electron chi connectivity index (χ2n) is 3.81. The van der Waals surface area contributed by atoms with Crippen molar-refractivity contribution in [2.75, 3.05) is 13.7 Å². The van der Waals surface area contributed by atoms with Crippen LogP contribution in [0.3, 0.4) is 0 Å². The van der Waals surface area contributed by atoms with Crippen molar-refractivity contribution >= 4 is 6.03 Å². The molecule has 0 aromatic rings. The molecule has 10 heteroatoms. The number of nitroso groups, excluding NO2 is 1. The number of aliphatic hydroxyl groups is 4. The van der Waals surface area contributed by atoms with Crippen LogP contribution in [0.5, 0.6) is 0 Å². The topological polar surface area (TPSA) is 152 Å². The maximum absolute atomic E-state index is 11.3. The first-order valence-corrected chi connectivity index (χ1v) is 5.10. The first kappa shape index (κ1) is 14.7. The Balaban J connectivity index is 2.71. The van der Waals surface area contributed by atoms with Crippen LogP contribution in [0.25, 0.3) is 0 Å². The van der Waals surface area contributed by atoms with Gasteiger partial charge in [0.2, 0.25) is 0 Å². The number of carbonyl (C=O) groups is 1. The van der Waals surface area contributed by atoms with E-state index in [0.29, 0.717) is 5.01 Å². The van der Waals surface area contributed by atoms with E-state index in [1.807, 2.05) is 0 Å². The fourth-order valence-corrected chi connectivity index (χ4v) is 1.53. The quantitative estimate of drug-likeness (QED) is 0.271. The molecule has 1 aliphatic rings. The molecule has 1 heterocycles. The van der Waals surface area contributed by atoms with E-state index in [1.165, 1.54) is 0 Å². The molecule has 1 aliphatic heterocycles. The lowest BCUT2D eigenvalue weighted by Crippen LogP contribution is -2.64. The standard InChI is InChI=1S/C8H15N3O7/c1-11(10-17)8(16)9-4-6(14)5(13)3(2-12)18-7(4)15/h3-7,12-15H,2H2,1H3,(H,9,16)/t3-,4-,5+,6-,7?/m1/s1. The number of carbonyl (C=O) groups excluding carboxylic acids is 1. The van der Waals surface area contributed by atoms with Gasteiger partial charge in [-0.15, -0.1) is 4.91 Å². The highest BCUT2D eigenvalue weighted by Crippen LogP contribution is 2.19. The molecule has 1 unspecified atom stereocenters. The van der Waals surface area contributed by atoms with E-state index in [4.69, 9.17) is 9.84 Å². The Morgan fingerprint density at radius 1 is 1.39 bits per heavy atom. The summed E-state index contributed by atoms with van der Waals surface area (Å²) in [5.74, 6) is 0. The Kier molecular flexibility index (Phi) is 4.93. The molecule has 104 valence electrons. The zero-order valence-electron chi connectivity index (χ0n) is 9.50. The normalized spacial score (nSPS) is 35.9. The number of hydrogen-bond donors (Lipinski definition) is 5. The Morgan fingerprint density at radius 2 is 2.00 bits per heavy atom. The average Bonchev–Trinajstić information content (AvgIpc) is 2.37. The van der Waals surface area contributed by atoms with Gasteiger partial charge >= 0.3 is 6.03 Å². The van der Waals surface area contributed by atoms with E-state index in [9.17, 15) is 25.0 Å². The highest BCUT2D eigenvalue weighted by Gasteiger charge is 2.44. The van der Waals surface area contributed by atoms with Gasteiger partial charge in [-0.2, -0.15) is 5.01 Å². The summed E-state index contributed by atoms with van der Waals surface area (Å²) >= 11 is 0. The third-order valence-electron chi connectivity index (χ3n) is 2.61. The predicted octanol–water partition coefficient (Wildman–Crippen LogP) is -2.89. The number of ether oxygens (including phenoxy) is 1. The molecule has 10 nitrogen and oxygen atoms in total. The third-order valence-corrected chi connectivity index (χ3v) is 2.61. The number of nitrogens with one attached hydrogen (secondary N) is 1. The zero-order valence-corrected chi connectivity index (χ0v) is 9.50. The maximum atomic E-state index is 11.3. The van der Waals surface area contributed by atoms with Crippen LogP contribution in [0, 0.1) is 4.91 Å². The number of aliphatic hydroxyl groups excluding tert-OH is 4. The summed E-state index contributed by atoms with van der Waals surface area (Å²) in [5.41, 5.74) is 0. The van der Waals surface area contributed by atoms with Crippen molar-refractivity contribution in [3.05, 3.63) is 4.91 Å². The fourth-order valence-electron chi connectivity index (χ4n) is 1.53. The molecule has 18 heavy (non-hydrogen) atoms. The Hall–Kier alpha value is -1.33. The van der Waals surface area contributed by atoms with Crippen LogP contribution < -0.4 is 5.32 Å². The molecule has 1 rings (SSSR count). The first-order valence-electron chi connectivity index (χ1n) is 5.10. The highest BCUT2D eigenvalue weighted by atomic mass is 16.6. The summed E-state index contributed by atoms with van der Waals surface area (Å²) in [6, 6.07) is -2.33. The zero-order chi connectivity index (χ0) is 13.9. The van der Waals surface area contributed by atoms with Crippen LogP contribution in [0.2, 0.25) is 0 Å². The second-order valence-corrected chi connectivity index (χ2v) is 3.81. The van der Waals surface area contributed by atoms with E-state index >= 15 is 0 Å². The summed E-state index contributed by atoms with van der Waals surface area (Å²) in [6.07, 6.45) is -5.84. The van der Waals surface area contributed by atoms with Crippen LogP contribution in [-0.2, 0) is 4.74 Å². The Bertz CT molecular complexity index is 315. The van der Waals surface area contributed by atoms with Crippen molar-refractivity contribution in [3.63, 3.8) is 0 Å². The van der Waals surface area contributed by atoms with Gasteiger partial charge in [0.05, 0.1) is 11.9 Å². The van der Waals surface area contributed by atoms with Gasteiger partial charge < -0.3 is 30.5 Å². The number of rotatable bonds is 3. The van der Waals surface area contributed by atoms with Gasteiger partial charge in [0.25, 0.3) is 0 Å². The second kappa shape index (κ2) is 6.02. The molecule has 0 saturated carbocycles. The number of amides is 2. The minimum Gasteiger partial charge on any atom is -0.394 e. The minimum atomic E-state index is -1.63. The van der Waals surface area contributed by atoms with Crippen LogP contribution >= 0.6 is 0 Å². The molecular formula is C8H15N3O7. The smallest absolute Gasteiger partial charge is 0.340 e. The first-order chi connectivity index (χ1) is 8.42. The average molecular weight is 265 g/mol. The summed E-state index contributed by atoms with van der Waals surface area (Å²) in [5, 5.41) is 42.4.